The fourth-order valence-corrected chi connectivity index (χ4v) is 4.08. The minimum Gasteiger partial charge on any atom is -0.476 e. The van der Waals surface area contributed by atoms with Crippen molar-refractivity contribution in [3.63, 3.8) is 0 Å². The summed E-state index contributed by atoms with van der Waals surface area (Å²) in [5.41, 5.74) is 3.96. The Hall–Kier alpha value is -3.27. The Balaban J connectivity index is 1.59. The van der Waals surface area contributed by atoms with Crippen molar-refractivity contribution in [3.05, 3.63) is 52.8 Å². The Labute approximate surface area is 167 Å². The van der Waals surface area contributed by atoms with Gasteiger partial charge >= 0.3 is 5.97 Å². The molecule has 9 nitrogen and oxygen atoms in total. The zero-order valence-electron chi connectivity index (χ0n) is 15.9. The van der Waals surface area contributed by atoms with Gasteiger partial charge in [0.25, 0.3) is 0 Å². The van der Waals surface area contributed by atoms with E-state index in [0.29, 0.717) is 42.3 Å². The van der Waals surface area contributed by atoms with Crippen LogP contribution in [0.2, 0.25) is 0 Å². The number of rotatable bonds is 5. The van der Waals surface area contributed by atoms with Crippen molar-refractivity contribution in [1.29, 1.82) is 0 Å². The summed E-state index contributed by atoms with van der Waals surface area (Å²) < 4.78 is 24.7. The monoisotopic (exact) mass is 413 g/mol. The number of nitrogens with zero attached hydrogens (tertiary/aromatic N) is 4. The quantitative estimate of drug-likeness (QED) is 0.647. The number of anilines is 1. The first-order valence-corrected chi connectivity index (χ1v) is 10.8. The summed E-state index contributed by atoms with van der Waals surface area (Å²) in [6.07, 6.45) is 4.15. The predicted octanol–water partition coefficient (Wildman–Crippen LogP) is 1.69. The second kappa shape index (κ2) is 6.96. The van der Waals surface area contributed by atoms with Crippen LogP contribution >= 0.6 is 0 Å². The van der Waals surface area contributed by atoms with E-state index in [0.717, 1.165) is 11.1 Å². The Morgan fingerprint density at radius 3 is 2.62 bits per heavy atom. The van der Waals surface area contributed by atoms with Gasteiger partial charge in [-0.05, 0) is 36.1 Å². The van der Waals surface area contributed by atoms with Gasteiger partial charge in [0.05, 0.1) is 16.3 Å². The summed E-state index contributed by atoms with van der Waals surface area (Å²) in [6.45, 7) is 0.418. The maximum atomic E-state index is 11.6. The van der Waals surface area contributed by atoms with Crippen molar-refractivity contribution in [2.45, 2.75) is 24.3 Å². The third-order valence-electron chi connectivity index (χ3n) is 4.88. The van der Waals surface area contributed by atoms with Gasteiger partial charge in [0.1, 0.15) is 0 Å². The molecule has 0 saturated heterocycles. The van der Waals surface area contributed by atoms with E-state index in [1.54, 1.807) is 42.2 Å². The number of aromatic nitrogens is 4. The van der Waals surface area contributed by atoms with Crippen LogP contribution in [0.3, 0.4) is 0 Å². The highest BCUT2D eigenvalue weighted by Crippen LogP contribution is 2.33. The first-order chi connectivity index (χ1) is 13.7. The van der Waals surface area contributed by atoms with E-state index in [1.807, 2.05) is 0 Å². The molecule has 0 aliphatic heterocycles. The second-order valence-electron chi connectivity index (χ2n) is 6.94. The molecule has 10 heteroatoms. The van der Waals surface area contributed by atoms with Crippen molar-refractivity contribution >= 4 is 21.8 Å². The van der Waals surface area contributed by atoms with Gasteiger partial charge in [-0.25, -0.2) is 23.2 Å². The van der Waals surface area contributed by atoms with Crippen LogP contribution < -0.4 is 5.32 Å². The molecule has 2 aromatic heterocycles. The van der Waals surface area contributed by atoms with E-state index < -0.39 is 15.8 Å². The third-order valence-corrected chi connectivity index (χ3v) is 6.01. The fourth-order valence-electron chi connectivity index (χ4n) is 3.45. The average molecular weight is 413 g/mol. The maximum absolute atomic E-state index is 11.6. The van der Waals surface area contributed by atoms with E-state index >= 15 is 0 Å². The molecule has 2 heterocycles. The van der Waals surface area contributed by atoms with Crippen LogP contribution in [0.15, 0.2) is 35.4 Å². The average Bonchev–Trinajstić information content (AvgIpc) is 3.03. The summed E-state index contributed by atoms with van der Waals surface area (Å²) in [5, 5.41) is 16.6. The van der Waals surface area contributed by atoms with Crippen molar-refractivity contribution in [2.75, 3.05) is 11.6 Å². The zero-order valence-corrected chi connectivity index (χ0v) is 16.7. The van der Waals surface area contributed by atoms with E-state index in [4.69, 9.17) is 0 Å². The lowest BCUT2D eigenvalue weighted by molar-refractivity contribution is 0.0688. The van der Waals surface area contributed by atoms with Crippen LogP contribution in [0.25, 0.3) is 11.4 Å². The van der Waals surface area contributed by atoms with Gasteiger partial charge in [0.15, 0.2) is 15.5 Å². The molecule has 1 aromatic carbocycles. The van der Waals surface area contributed by atoms with Crippen LogP contribution in [0.4, 0.5) is 5.95 Å². The molecule has 3 aromatic rings. The molecule has 0 unspecified atom stereocenters. The predicted molar refractivity (Wildman–Crippen MR) is 105 cm³/mol. The van der Waals surface area contributed by atoms with Crippen LogP contribution in [0, 0.1) is 0 Å². The summed E-state index contributed by atoms with van der Waals surface area (Å²) >= 11 is 0. The molecule has 0 saturated carbocycles. The zero-order chi connectivity index (χ0) is 20.8. The van der Waals surface area contributed by atoms with E-state index in [2.05, 4.69) is 20.4 Å². The Kier molecular flexibility index (Phi) is 4.58. The number of carboxylic acids is 1. The van der Waals surface area contributed by atoms with Gasteiger partial charge in [0.2, 0.25) is 5.95 Å². The minimum atomic E-state index is -3.23. The maximum Gasteiger partial charge on any atom is 0.356 e. The van der Waals surface area contributed by atoms with Crippen molar-refractivity contribution < 1.29 is 18.3 Å². The van der Waals surface area contributed by atoms with Gasteiger partial charge in [-0.2, -0.15) is 5.10 Å². The number of aryl methyl sites for hydroxylation is 2. The molecule has 150 valence electrons. The number of sulfone groups is 1. The summed E-state index contributed by atoms with van der Waals surface area (Å²) in [4.78, 5) is 20.7. The normalized spacial score (nSPS) is 12.9. The van der Waals surface area contributed by atoms with E-state index in [-0.39, 0.29) is 10.6 Å². The molecule has 0 atom stereocenters. The fraction of sp³-hybridized carbons (Fsp3) is 0.263. The number of aromatic carboxylic acids is 1. The molecular weight excluding hydrogens is 394 g/mol. The SMILES string of the molecule is Cn1nc(C(=O)O)c2c1-c1nc(NCc3ccc(S(C)(=O)=O)cc3)ncc1CC2. The first kappa shape index (κ1) is 19.1. The lowest BCUT2D eigenvalue weighted by Gasteiger charge is -2.17. The summed E-state index contributed by atoms with van der Waals surface area (Å²) in [7, 11) is -1.52. The number of carbonyl (C=O) groups is 1. The molecule has 1 aliphatic carbocycles. The third kappa shape index (κ3) is 3.58. The number of hydrogen-bond acceptors (Lipinski definition) is 7. The molecule has 0 bridgehead atoms. The van der Waals surface area contributed by atoms with Crippen LogP contribution in [-0.2, 0) is 36.3 Å². The molecular formula is C19H19N5O4S. The largest absolute Gasteiger partial charge is 0.476 e. The molecule has 2 N–H and O–H groups in total. The van der Waals surface area contributed by atoms with Gasteiger partial charge in [-0.15, -0.1) is 0 Å². The highest BCUT2D eigenvalue weighted by atomic mass is 32.2. The molecule has 0 amide bonds. The number of carboxylic acid groups (broad SMARTS) is 1. The Morgan fingerprint density at radius 1 is 1.24 bits per heavy atom. The molecule has 0 radical (unpaired) electrons. The van der Waals surface area contributed by atoms with Gasteiger partial charge in [-0.1, -0.05) is 12.1 Å². The number of nitrogens with one attached hydrogen (secondary N) is 1. The highest BCUT2D eigenvalue weighted by molar-refractivity contribution is 7.90. The van der Waals surface area contributed by atoms with Crippen molar-refractivity contribution in [2.24, 2.45) is 7.05 Å². The Morgan fingerprint density at radius 2 is 1.97 bits per heavy atom. The first-order valence-electron chi connectivity index (χ1n) is 8.92. The molecule has 4 rings (SSSR count). The highest BCUT2D eigenvalue weighted by Gasteiger charge is 2.28. The number of fused-ring (bicyclic) bond motifs is 3. The number of benzene rings is 1. The van der Waals surface area contributed by atoms with Crippen molar-refractivity contribution in [3.8, 4) is 11.4 Å². The van der Waals surface area contributed by atoms with Gasteiger partial charge in [0, 0.05) is 31.6 Å². The molecule has 1 aliphatic rings. The topological polar surface area (TPSA) is 127 Å². The van der Waals surface area contributed by atoms with E-state index in [1.165, 1.54) is 6.26 Å². The lowest BCUT2D eigenvalue weighted by atomic mass is 9.93. The van der Waals surface area contributed by atoms with Gasteiger partial charge < -0.3 is 10.4 Å². The van der Waals surface area contributed by atoms with E-state index in [9.17, 15) is 18.3 Å². The Bertz CT molecular complexity index is 1220. The molecule has 0 spiro atoms. The van der Waals surface area contributed by atoms with Crippen LogP contribution in [0.1, 0.15) is 27.2 Å². The molecule has 29 heavy (non-hydrogen) atoms. The number of hydrogen-bond donors (Lipinski definition) is 2. The second-order valence-corrected chi connectivity index (χ2v) is 8.96. The standard InChI is InChI=1S/C19H19N5O4S/c1-24-17-14(16(23-24)18(25)26)8-5-12-10-21-19(22-15(12)17)20-9-11-3-6-13(7-4-11)29(2,27)28/h3-4,6-7,10H,5,8-9H2,1-2H3,(H,25,26)(H,20,21,22). The lowest BCUT2D eigenvalue weighted by Crippen LogP contribution is -2.12. The van der Waals surface area contributed by atoms with Gasteiger partial charge in [-0.3, -0.25) is 4.68 Å². The minimum absolute atomic E-state index is 0.0623. The van der Waals surface area contributed by atoms with Crippen LogP contribution in [0.5, 0.6) is 0 Å². The molecule has 0 fully saturated rings. The van der Waals surface area contributed by atoms with Crippen LogP contribution in [-0.4, -0.2) is 45.5 Å². The summed E-state index contributed by atoms with van der Waals surface area (Å²) in [5.74, 6) is -0.642. The van der Waals surface area contributed by atoms with Crippen molar-refractivity contribution in [1.82, 2.24) is 19.7 Å². The smallest absolute Gasteiger partial charge is 0.356 e. The summed E-state index contributed by atoms with van der Waals surface area (Å²) in [6, 6.07) is 6.60.